The van der Waals surface area contributed by atoms with Crippen molar-refractivity contribution in [2.45, 2.75) is 0 Å². The molecule has 0 aliphatic carbocycles. The van der Waals surface area contributed by atoms with Crippen LogP contribution in [0.3, 0.4) is 0 Å². The van der Waals surface area contributed by atoms with Gasteiger partial charge in [-0.3, -0.25) is 0 Å². The number of oxazole rings is 1. The lowest BCUT2D eigenvalue weighted by Gasteiger charge is -2.25. The van der Waals surface area contributed by atoms with Gasteiger partial charge in [0.1, 0.15) is 16.7 Å². The van der Waals surface area contributed by atoms with E-state index in [1.165, 1.54) is 16.5 Å². The Balaban J connectivity index is 1.06. The van der Waals surface area contributed by atoms with Crippen molar-refractivity contribution in [3.05, 3.63) is 194 Å². The molecule has 0 bridgehead atoms. The Morgan fingerprint density at radius 3 is 1.84 bits per heavy atom. The van der Waals surface area contributed by atoms with E-state index in [9.17, 15) is 0 Å². The Bertz CT molecular complexity index is 3180. The monoisotopic (exact) mass is 704 g/mol. The first-order valence-electron chi connectivity index (χ1n) is 18.5. The zero-order valence-corrected chi connectivity index (χ0v) is 29.7. The molecule has 9 aromatic carbocycles. The minimum atomic E-state index is 0.623. The lowest BCUT2D eigenvalue weighted by molar-refractivity contribution is 0.623. The van der Waals surface area contributed by atoms with Gasteiger partial charge in [0.05, 0.1) is 0 Å². The molecule has 258 valence electrons. The molecule has 4 nitrogen and oxygen atoms in total. The molecule has 4 heteroatoms. The first-order valence-corrected chi connectivity index (χ1v) is 18.5. The van der Waals surface area contributed by atoms with Crippen molar-refractivity contribution in [2.24, 2.45) is 0 Å². The van der Waals surface area contributed by atoms with Crippen molar-refractivity contribution in [2.75, 3.05) is 4.90 Å². The van der Waals surface area contributed by atoms with E-state index in [0.717, 1.165) is 82.9 Å². The van der Waals surface area contributed by atoms with E-state index in [-0.39, 0.29) is 0 Å². The number of nitrogens with zero attached hydrogens (tertiary/aromatic N) is 2. The molecule has 0 N–H and O–H groups in total. The summed E-state index contributed by atoms with van der Waals surface area (Å²) >= 11 is 0. The molecule has 0 aliphatic heterocycles. The molecule has 0 amide bonds. The van der Waals surface area contributed by atoms with Crippen molar-refractivity contribution in [1.29, 1.82) is 0 Å². The van der Waals surface area contributed by atoms with Gasteiger partial charge in [0.2, 0.25) is 5.89 Å². The van der Waals surface area contributed by atoms with Gasteiger partial charge in [-0.05, 0) is 117 Å². The number of furan rings is 1. The van der Waals surface area contributed by atoms with E-state index in [1.54, 1.807) is 0 Å². The molecule has 11 aromatic rings. The number of fused-ring (bicyclic) bond motifs is 8. The van der Waals surface area contributed by atoms with E-state index < -0.39 is 0 Å². The normalized spacial score (nSPS) is 11.6. The Morgan fingerprint density at radius 2 is 1.04 bits per heavy atom. The molecule has 0 fully saturated rings. The van der Waals surface area contributed by atoms with Crippen molar-refractivity contribution in [1.82, 2.24) is 4.98 Å². The summed E-state index contributed by atoms with van der Waals surface area (Å²) in [4.78, 5) is 7.23. The van der Waals surface area contributed by atoms with E-state index >= 15 is 0 Å². The molecule has 2 aromatic heterocycles. The molecule has 0 atom stereocenters. The van der Waals surface area contributed by atoms with Crippen LogP contribution in [0, 0.1) is 0 Å². The molecule has 55 heavy (non-hydrogen) atoms. The molecule has 0 aliphatic rings. The summed E-state index contributed by atoms with van der Waals surface area (Å²) in [5, 5.41) is 6.69. The predicted octanol–water partition coefficient (Wildman–Crippen LogP) is 14.5. The second kappa shape index (κ2) is 12.6. The first-order chi connectivity index (χ1) is 27.2. The fraction of sp³-hybridized carbons (Fsp3) is 0. The van der Waals surface area contributed by atoms with Gasteiger partial charge in [0.25, 0.3) is 0 Å². The van der Waals surface area contributed by atoms with Gasteiger partial charge in [-0.2, -0.15) is 0 Å². The third-order valence-electron chi connectivity index (χ3n) is 10.7. The zero-order chi connectivity index (χ0) is 36.3. The SMILES string of the molecule is c1ccc(-c2nc3ccc4cc(-c5ccccc5)c5ccc(-c6ccc(N(c7ccccc7)c7ccc8oc9ccccc9c8c7)cc6)cc5c4c3o2)cc1. The van der Waals surface area contributed by atoms with Crippen LogP contribution in [0.15, 0.2) is 203 Å². The summed E-state index contributed by atoms with van der Waals surface area (Å²) in [7, 11) is 0. The largest absolute Gasteiger partial charge is 0.456 e. The van der Waals surface area contributed by atoms with Crippen LogP contribution >= 0.6 is 0 Å². The van der Waals surface area contributed by atoms with Crippen molar-refractivity contribution in [3.63, 3.8) is 0 Å². The number of para-hydroxylation sites is 2. The number of hydrogen-bond donors (Lipinski definition) is 0. The Morgan fingerprint density at radius 1 is 0.382 bits per heavy atom. The molecule has 0 radical (unpaired) electrons. The standard InChI is InChI=1S/C51H32N2O2/c1-4-12-34(13-5-1)43-31-37-23-28-46-50(55-51(52-46)35-14-6-2-7-15-35)49(37)45-30-36(22-27-41(43)45)33-20-24-39(25-21-33)53(38-16-8-3-9-17-38)40-26-29-48-44(32-40)42-18-10-11-19-47(42)54-48/h1-32H. The number of benzene rings is 9. The van der Waals surface area contributed by atoms with Gasteiger partial charge >= 0.3 is 0 Å². The quantitative estimate of drug-likeness (QED) is 0.162. The minimum Gasteiger partial charge on any atom is -0.456 e. The van der Waals surface area contributed by atoms with E-state index in [2.05, 4.69) is 157 Å². The number of aromatic nitrogens is 1. The minimum absolute atomic E-state index is 0.623. The summed E-state index contributed by atoms with van der Waals surface area (Å²) in [5.41, 5.74) is 12.2. The van der Waals surface area contributed by atoms with Crippen LogP contribution in [0.25, 0.3) is 88.3 Å². The second-order valence-electron chi connectivity index (χ2n) is 13.9. The van der Waals surface area contributed by atoms with Crippen molar-refractivity contribution >= 4 is 71.6 Å². The third-order valence-corrected chi connectivity index (χ3v) is 10.7. The highest BCUT2D eigenvalue weighted by molar-refractivity contribution is 6.22. The Hall–Kier alpha value is -7.43. The highest BCUT2D eigenvalue weighted by Crippen LogP contribution is 2.43. The van der Waals surface area contributed by atoms with E-state index in [4.69, 9.17) is 13.8 Å². The van der Waals surface area contributed by atoms with Crippen LogP contribution in [-0.4, -0.2) is 4.98 Å². The maximum atomic E-state index is 6.62. The summed E-state index contributed by atoms with van der Waals surface area (Å²) in [6.45, 7) is 0. The zero-order valence-electron chi connectivity index (χ0n) is 29.7. The maximum Gasteiger partial charge on any atom is 0.227 e. The molecular formula is C51H32N2O2. The van der Waals surface area contributed by atoms with Gasteiger partial charge in [-0.1, -0.05) is 115 Å². The fourth-order valence-electron chi connectivity index (χ4n) is 8.05. The average Bonchev–Trinajstić information content (AvgIpc) is 3.86. The Kier molecular flexibility index (Phi) is 7.14. The number of rotatable bonds is 6. The van der Waals surface area contributed by atoms with Gasteiger partial charge in [-0.15, -0.1) is 0 Å². The van der Waals surface area contributed by atoms with Crippen LogP contribution in [-0.2, 0) is 0 Å². The summed E-state index contributed by atoms with van der Waals surface area (Å²) in [6, 6.07) is 68.1. The van der Waals surface area contributed by atoms with Crippen molar-refractivity contribution in [3.8, 4) is 33.7 Å². The predicted molar refractivity (Wildman–Crippen MR) is 227 cm³/mol. The van der Waals surface area contributed by atoms with Gasteiger partial charge < -0.3 is 13.7 Å². The molecule has 0 spiro atoms. The summed E-state index contributed by atoms with van der Waals surface area (Å²) in [6.07, 6.45) is 0. The fourth-order valence-corrected chi connectivity index (χ4v) is 8.05. The maximum absolute atomic E-state index is 6.62. The first kappa shape index (κ1) is 31.1. The van der Waals surface area contributed by atoms with Gasteiger partial charge in [0.15, 0.2) is 5.58 Å². The van der Waals surface area contributed by atoms with E-state index in [1.807, 2.05) is 42.5 Å². The second-order valence-corrected chi connectivity index (χ2v) is 13.9. The molecular weight excluding hydrogens is 673 g/mol. The smallest absolute Gasteiger partial charge is 0.227 e. The highest BCUT2D eigenvalue weighted by atomic mass is 16.3. The van der Waals surface area contributed by atoms with Crippen LogP contribution in [0.1, 0.15) is 0 Å². The average molecular weight is 705 g/mol. The molecule has 0 saturated carbocycles. The third kappa shape index (κ3) is 5.26. The summed E-state index contributed by atoms with van der Waals surface area (Å²) in [5.74, 6) is 0.623. The van der Waals surface area contributed by atoms with Gasteiger partial charge in [0, 0.05) is 38.8 Å². The van der Waals surface area contributed by atoms with Crippen LogP contribution in [0.4, 0.5) is 17.1 Å². The number of anilines is 3. The Labute approximate surface area is 317 Å². The lowest BCUT2D eigenvalue weighted by Crippen LogP contribution is -2.09. The molecule has 0 saturated heterocycles. The lowest BCUT2D eigenvalue weighted by atomic mass is 9.91. The van der Waals surface area contributed by atoms with Crippen LogP contribution < -0.4 is 4.90 Å². The van der Waals surface area contributed by atoms with E-state index in [0.29, 0.717) is 5.89 Å². The molecule has 0 unspecified atom stereocenters. The highest BCUT2D eigenvalue weighted by Gasteiger charge is 2.19. The molecule has 11 rings (SSSR count). The number of hydrogen-bond acceptors (Lipinski definition) is 4. The summed E-state index contributed by atoms with van der Waals surface area (Å²) < 4.78 is 12.8. The van der Waals surface area contributed by atoms with Crippen molar-refractivity contribution < 1.29 is 8.83 Å². The van der Waals surface area contributed by atoms with Crippen LogP contribution in [0.2, 0.25) is 0 Å². The molecule has 2 heterocycles. The van der Waals surface area contributed by atoms with Crippen LogP contribution in [0.5, 0.6) is 0 Å². The van der Waals surface area contributed by atoms with Gasteiger partial charge in [-0.25, -0.2) is 4.98 Å². The topological polar surface area (TPSA) is 42.4 Å².